The van der Waals surface area contributed by atoms with Gasteiger partial charge in [0.15, 0.2) is 0 Å². The van der Waals surface area contributed by atoms with Crippen molar-refractivity contribution in [2.24, 2.45) is 7.05 Å². The minimum atomic E-state index is 0.495. The molecule has 1 unspecified atom stereocenters. The van der Waals surface area contributed by atoms with Crippen LogP contribution in [-0.4, -0.2) is 49.1 Å². The normalized spacial score (nSPS) is 12.8. The van der Waals surface area contributed by atoms with Gasteiger partial charge in [-0.2, -0.15) is 0 Å². The molecule has 1 heterocycles. The zero-order valence-corrected chi connectivity index (χ0v) is 13.1. The van der Waals surface area contributed by atoms with Crippen molar-refractivity contribution >= 4 is 0 Å². The number of rotatable bonds is 12. The molecule has 5 heteroatoms. The summed E-state index contributed by atoms with van der Waals surface area (Å²) in [6, 6.07) is 0.495. The Morgan fingerprint density at radius 2 is 2.15 bits per heavy atom. The Morgan fingerprint density at radius 3 is 2.80 bits per heavy atom. The van der Waals surface area contributed by atoms with Gasteiger partial charge in [0.1, 0.15) is 5.82 Å². The Hall–Kier alpha value is -0.910. The lowest BCUT2D eigenvalue weighted by Gasteiger charge is -2.18. The zero-order chi connectivity index (χ0) is 14.6. The summed E-state index contributed by atoms with van der Waals surface area (Å²) in [6.07, 6.45) is 8.15. The molecule has 0 saturated carbocycles. The maximum atomic E-state index is 5.56. The smallest absolute Gasteiger partial charge is 0.108 e. The van der Waals surface area contributed by atoms with E-state index in [0.29, 0.717) is 19.3 Å². The molecule has 0 amide bonds. The van der Waals surface area contributed by atoms with E-state index >= 15 is 0 Å². The first-order valence-electron chi connectivity index (χ1n) is 7.54. The van der Waals surface area contributed by atoms with E-state index in [2.05, 4.69) is 21.8 Å². The molecule has 1 aromatic heterocycles. The lowest BCUT2D eigenvalue weighted by Crippen LogP contribution is -2.32. The standard InChI is InChI=1S/C15H29N3O2/c1-4-8-16-14(7-11-20-13-12-19-3)5-6-15-17-9-10-18(15)2/h9-10,14,16H,4-8,11-13H2,1-3H3. The molecule has 0 aromatic carbocycles. The predicted molar refractivity (Wildman–Crippen MR) is 80.9 cm³/mol. The SMILES string of the molecule is CCCNC(CCOCCOC)CCc1nccn1C. The van der Waals surface area contributed by atoms with Gasteiger partial charge in [0.25, 0.3) is 0 Å². The first-order valence-corrected chi connectivity index (χ1v) is 7.54. The van der Waals surface area contributed by atoms with Gasteiger partial charge in [-0.1, -0.05) is 6.92 Å². The Morgan fingerprint density at radius 1 is 1.30 bits per heavy atom. The van der Waals surface area contributed by atoms with Crippen molar-refractivity contribution in [1.29, 1.82) is 0 Å². The second kappa shape index (κ2) is 10.8. The van der Waals surface area contributed by atoms with Crippen LogP contribution in [0, 0.1) is 0 Å². The van der Waals surface area contributed by atoms with Gasteiger partial charge in [-0.15, -0.1) is 0 Å². The van der Waals surface area contributed by atoms with Crippen LogP contribution in [0.5, 0.6) is 0 Å². The third kappa shape index (κ3) is 7.03. The van der Waals surface area contributed by atoms with E-state index in [1.165, 1.54) is 0 Å². The summed E-state index contributed by atoms with van der Waals surface area (Å²) in [5.74, 6) is 1.15. The first-order chi connectivity index (χ1) is 9.77. The molecule has 1 aromatic rings. The Kier molecular flexibility index (Phi) is 9.28. The van der Waals surface area contributed by atoms with Crippen LogP contribution in [0.3, 0.4) is 0 Å². The highest BCUT2D eigenvalue weighted by molar-refractivity contribution is 4.92. The number of nitrogens with one attached hydrogen (secondary N) is 1. The molecule has 1 N–H and O–H groups in total. The van der Waals surface area contributed by atoms with Crippen LogP contribution in [-0.2, 0) is 22.9 Å². The van der Waals surface area contributed by atoms with E-state index in [1.54, 1.807) is 7.11 Å². The van der Waals surface area contributed by atoms with E-state index in [0.717, 1.165) is 44.7 Å². The number of imidazole rings is 1. The van der Waals surface area contributed by atoms with Crippen molar-refractivity contribution in [1.82, 2.24) is 14.9 Å². The average molecular weight is 283 g/mol. The van der Waals surface area contributed by atoms with Crippen molar-refractivity contribution in [3.05, 3.63) is 18.2 Å². The maximum Gasteiger partial charge on any atom is 0.108 e. The summed E-state index contributed by atoms with van der Waals surface area (Å²) in [7, 11) is 3.74. The summed E-state index contributed by atoms with van der Waals surface area (Å²) in [5.41, 5.74) is 0. The summed E-state index contributed by atoms with van der Waals surface area (Å²) < 4.78 is 12.6. The molecule has 0 fully saturated rings. The molecule has 5 nitrogen and oxygen atoms in total. The average Bonchev–Trinajstić information content (AvgIpc) is 2.86. The predicted octanol–water partition coefficient (Wildman–Crippen LogP) is 1.77. The lowest BCUT2D eigenvalue weighted by molar-refractivity contribution is 0.0654. The van der Waals surface area contributed by atoms with Crippen molar-refractivity contribution in [3.63, 3.8) is 0 Å². The third-order valence-corrected chi connectivity index (χ3v) is 3.36. The fourth-order valence-corrected chi connectivity index (χ4v) is 2.11. The molecule has 116 valence electrons. The van der Waals surface area contributed by atoms with Crippen molar-refractivity contribution < 1.29 is 9.47 Å². The van der Waals surface area contributed by atoms with Gasteiger partial charge in [0.05, 0.1) is 13.2 Å². The summed E-state index contributed by atoms with van der Waals surface area (Å²) >= 11 is 0. The van der Waals surface area contributed by atoms with Crippen LogP contribution in [0.1, 0.15) is 32.0 Å². The van der Waals surface area contributed by atoms with E-state index < -0.39 is 0 Å². The van der Waals surface area contributed by atoms with Gasteiger partial charge >= 0.3 is 0 Å². The molecule has 0 bridgehead atoms. The van der Waals surface area contributed by atoms with Crippen molar-refractivity contribution in [3.8, 4) is 0 Å². The number of nitrogens with zero attached hydrogens (tertiary/aromatic N) is 2. The summed E-state index contributed by atoms with van der Waals surface area (Å²) in [5, 5.41) is 3.59. The lowest BCUT2D eigenvalue weighted by atomic mass is 10.1. The first kappa shape index (κ1) is 17.1. The summed E-state index contributed by atoms with van der Waals surface area (Å²) in [4.78, 5) is 4.38. The van der Waals surface area contributed by atoms with Crippen LogP contribution < -0.4 is 5.32 Å². The van der Waals surface area contributed by atoms with E-state index in [1.807, 2.05) is 19.4 Å². The van der Waals surface area contributed by atoms with E-state index in [-0.39, 0.29) is 0 Å². The van der Waals surface area contributed by atoms with Crippen LogP contribution in [0.2, 0.25) is 0 Å². The number of ether oxygens (including phenoxy) is 2. The number of methoxy groups -OCH3 is 1. The molecular formula is C15H29N3O2. The van der Waals surface area contributed by atoms with Crippen LogP contribution in [0.25, 0.3) is 0 Å². The zero-order valence-electron chi connectivity index (χ0n) is 13.1. The third-order valence-electron chi connectivity index (χ3n) is 3.36. The van der Waals surface area contributed by atoms with Gasteiger partial charge in [-0.25, -0.2) is 4.98 Å². The molecule has 20 heavy (non-hydrogen) atoms. The van der Waals surface area contributed by atoms with Crippen molar-refractivity contribution in [2.45, 2.75) is 38.6 Å². The second-order valence-electron chi connectivity index (χ2n) is 5.04. The highest BCUT2D eigenvalue weighted by Crippen LogP contribution is 2.06. The minimum Gasteiger partial charge on any atom is -0.382 e. The van der Waals surface area contributed by atoms with Crippen LogP contribution >= 0.6 is 0 Å². The summed E-state index contributed by atoms with van der Waals surface area (Å²) in [6.45, 7) is 5.38. The molecule has 1 atom stereocenters. The molecule has 0 aliphatic carbocycles. The van der Waals surface area contributed by atoms with E-state index in [9.17, 15) is 0 Å². The number of hydrogen-bond acceptors (Lipinski definition) is 4. The van der Waals surface area contributed by atoms with Gasteiger partial charge in [0.2, 0.25) is 0 Å². The second-order valence-corrected chi connectivity index (χ2v) is 5.04. The van der Waals surface area contributed by atoms with Gasteiger partial charge < -0.3 is 19.4 Å². The Labute approximate surface area is 122 Å². The van der Waals surface area contributed by atoms with Gasteiger partial charge in [-0.3, -0.25) is 0 Å². The minimum absolute atomic E-state index is 0.495. The molecule has 0 spiro atoms. The number of hydrogen-bond donors (Lipinski definition) is 1. The fraction of sp³-hybridized carbons (Fsp3) is 0.800. The number of aryl methyl sites for hydroxylation is 2. The highest BCUT2D eigenvalue weighted by Gasteiger charge is 2.09. The molecule has 0 saturated heterocycles. The maximum absolute atomic E-state index is 5.56. The van der Waals surface area contributed by atoms with Gasteiger partial charge in [-0.05, 0) is 25.8 Å². The monoisotopic (exact) mass is 283 g/mol. The Bertz CT molecular complexity index is 342. The molecule has 0 radical (unpaired) electrons. The van der Waals surface area contributed by atoms with Crippen LogP contribution in [0.4, 0.5) is 0 Å². The quantitative estimate of drug-likeness (QED) is 0.594. The topological polar surface area (TPSA) is 48.3 Å². The van der Waals surface area contributed by atoms with Crippen molar-refractivity contribution in [2.75, 3.05) is 33.5 Å². The number of aromatic nitrogens is 2. The largest absolute Gasteiger partial charge is 0.382 e. The highest BCUT2D eigenvalue weighted by atomic mass is 16.5. The van der Waals surface area contributed by atoms with Gasteiger partial charge in [0, 0.05) is 45.6 Å². The Balaban J connectivity index is 2.26. The van der Waals surface area contributed by atoms with Crippen LogP contribution in [0.15, 0.2) is 12.4 Å². The fourth-order valence-electron chi connectivity index (χ4n) is 2.11. The molecule has 0 aliphatic rings. The molecule has 1 rings (SSSR count). The molecule has 0 aliphatic heterocycles. The van der Waals surface area contributed by atoms with E-state index in [4.69, 9.17) is 9.47 Å². The molecular weight excluding hydrogens is 254 g/mol.